The number of ether oxygens (including phenoxy) is 1. The van der Waals surface area contributed by atoms with Crippen molar-refractivity contribution < 1.29 is 127 Å². The third-order valence-electron chi connectivity index (χ3n) is 19.3. The Morgan fingerprint density at radius 3 is 1.24 bits per heavy atom. The molecule has 3 N–H and O–H groups in total. The van der Waals surface area contributed by atoms with Crippen molar-refractivity contribution in [2.45, 2.75) is 183 Å². The van der Waals surface area contributed by atoms with Gasteiger partial charge in [-0.2, -0.15) is 26.3 Å². The van der Waals surface area contributed by atoms with Gasteiger partial charge < -0.3 is 39.6 Å². The zero-order valence-corrected chi connectivity index (χ0v) is 68.4. The maximum Gasteiger partial charge on any atom is 1.00 e. The first-order chi connectivity index (χ1) is 51.1. The van der Waals surface area contributed by atoms with Crippen LogP contribution >= 0.6 is 36.2 Å². The van der Waals surface area contributed by atoms with Crippen LogP contribution < -0.4 is 54.6 Å². The number of carboxylic acids is 1. The van der Waals surface area contributed by atoms with E-state index in [-0.39, 0.29) is 106 Å². The standard InChI is InChI=1S/C37H42F4N3O6P.C33H34Cl2F4N3O3P.2C4H8O2.Na/c1-22(2)36(47)50-51(48,49)44(27-10-5-6-11-27)28-18-15-25(16-19-28)33-29(34(45)42-26-17-14-23(3)30(21-26)37(39,40)41)12-8-20-43(33)35(46)32-24(4)9-7-13-31(32)38;1-20-12-15-23(19-27(20)33(37,38)39)40-31(43)26-10-6-18-41(32(44)29-21(2)7-5-11-28(29)36)30(26)22-13-16-25(17-14-22)42(46(34,35)45)24-8-3-4-9-24;1-3-6-4(2)5;1-3(2)4(5)6;/h7,9,13-19,21-22,27,29,33H,5-6,8,10-12,20H2,1-4H3,(H,42,45)(H,48,49);5,7,11-17,19,24,26,30H,3-4,6,8-10,18H2,1-2H3,(H,40,43);3H2,1-2H3;3H,1-2H3,(H,5,6);/q;;;;+1/p-1/t29-,33-;26-,30-;;;/m00.../s1. The number of carboxylic acid groups (broad SMARTS) is 1. The summed E-state index contributed by atoms with van der Waals surface area (Å²) >= 11 is 12.4. The number of nitrogens with zero attached hydrogens (tertiary/aromatic N) is 4. The van der Waals surface area contributed by atoms with Gasteiger partial charge >= 0.3 is 67.6 Å². The molecule has 6 aromatic rings. The Balaban J connectivity index is 0.000000297. The molecule has 32 heteroatoms. The van der Waals surface area contributed by atoms with E-state index in [0.717, 1.165) is 50.7 Å². The number of anilines is 4. The summed E-state index contributed by atoms with van der Waals surface area (Å²) in [6, 6.07) is 26.3. The molecule has 4 amide bonds. The number of carbonyl (C=O) groups excluding carboxylic acids is 7. The summed E-state index contributed by atoms with van der Waals surface area (Å²) in [6.45, 7) is 16.2. The van der Waals surface area contributed by atoms with E-state index in [0.29, 0.717) is 66.7 Å². The Bertz CT molecular complexity index is 4290. The summed E-state index contributed by atoms with van der Waals surface area (Å²) in [4.78, 5) is 102. The predicted molar refractivity (Wildman–Crippen MR) is 399 cm³/mol. The molecule has 2 aliphatic carbocycles. The molecule has 19 nitrogen and oxygen atoms in total. The average molecular weight is 1630 g/mol. The van der Waals surface area contributed by atoms with Crippen LogP contribution in [0.2, 0.25) is 0 Å². The number of likely N-dealkylation sites (tertiary alicyclic amines) is 2. The minimum absolute atomic E-state index is 0. The number of aliphatic carboxylic acids is 1. The van der Waals surface area contributed by atoms with E-state index >= 15 is 8.78 Å². The molecule has 2 aliphatic heterocycles. The second kappa shape index (κ2) is 39.9. The van der Waals surface area contributed by atoms with Crippen LogP contribution in [0.1, 0.15) is 196 Å². The van der Waals surface area contributed by atoms with E-state index in [2.05, 4.69) is 15.4 Å². The number of benzene rings is 6. The fraction of sp³-hybridized carbons (Fsp3) is 0.449. The van der Waals surface area contributed by atoms with Crippen molar-refractivity contribution >= 4 is 101 Å². The molecule has 4 fully saturated rings. The third kappa shape index (κ3) is 23.9. The molecule has 2 heterocycles. The van der Waals surface area contributed by atoms with Crippen LogP contribution in [0.5, 0.6) is 0 Å². The Morgan fingerprint density at radius 1 is 0.564 bits per heavy atom. The molecule has 6 aromatic carbocycles. The zero-order valence-electron chi connectivity index (χ0n) is 63.1. The topological polar surface area (TPSA) is 252 Å². The SMILES string of the molecule is CC(C)C(=O)[O-].CCOC(C)=O.Cc1ccc(NC(=O)[C@H]2CCCN(C(=O)c3c(C)cccc3F)[C@H]2c2ccc(N(C3CCCC3)P(=O)(Cl)Cl)cc2)cc1C(F)(F)F.Cc1ccc(NC(=O)[C@H]2CCCN(C(=O)c3c(C)cccc3F)[C@H]2c2ccc(N(C3CCCC3)P(=O)(O)OC(=O)C(C)C)cc2)cc1C(F)(F)F.[Na+]. The molecular weight excluding hydrogens is 1540 g/mol. The normalized spacial score (nSPS) is 18.0. The first kappa shape index (κ1) is 91.5. The number of amides is 4. The minimum atomic E-state index is -4.66. The summed E-state index contributed by atoms with van der Waals surface area (Å²) in [6.07, 6.45) is -1.64. The van der Waals surface area contributed by atoms with Crippen molar-refractivity contribution in [2.24, 2.45) is 23.7 Å². The average Bonchev–Trinajstić information content (AvgIpc) is 0.839. The quantitative estimate of drug-likeness (QED) is 0.0313. The third-order valence-corrected chi connectivity index (χ3v) is 22.9. The molecule has 0 bridgehead atoms. The number of aryl methyl sites for hydroxylation is 4. The van der Waals surface area contributed by atoms with Crippen molar-refractivity contribution in [3.63, 3.8) is 0 Å². The monoisotopic (exact) mass is 1630 g/mol. The van der Waals surface area contributed by atoms with E-state index < -0.39 is 120 Å². The summed E-state index contributed by atoms with van der Waals surface area (Å²) in [7, 11) is -4.66. The minimum Gasteiger partial charge on any atom is -0.550 e. The van der Waals surface area contributed by atoms with Crippen LogP contribution in [0.3, 0.4) is 0 Å². The fourth-order valence-corrected chi connectivity index (χ4v) is 17.8. The number of rotatable bonds is 18. The first-order valence-corrected chi connectivity index (χ1v) is 40.9. The molecule has 592 valence electrons. The van der Waals surface area contributed by atoms with Crippen LogP contribution in [0.15, 0.2) is 121 Å². The predicted octanol–water partition coefficient (Wildman–Crippen LogP) is 15.7. The van der Waals surface area contributed by atoms with Crippen LogP contribution in [-0.4, -0.2) is 88.0 Å². The summed E-state index contributed by atoms with van der Waals surface area (Å²) in [5.74, 6) is -12.5. The van der Waals surface area contributed by atoms with E-state index in [1.807, 2.05) is 0 Å². The smallest absolute Gasteiger partial charge is 0.550 e. The molecule has 2 saturated carbocycles. The molecule has 0 spiro atoms. The Hall–Kier alpha value is -7.35. The number of halogens is 10. The summed E-state index contributed by atoms with van der Waals surface area (Å²) < 4.78 is 151. The van der Waals surface area contributed by atoms with Crippen LogP contribution in [0, 0.1) is 63.0 Å². The van der Waals surface area contributed by atoms with Gasteiger partial charge in [-0.1, -0.05) is 114 Å². The Labute approximate surface area is 667 Å². The molecular formula is C78H91Cl2F8N6NaO13P2. The molecule has 0 radical (unpaired) electrons. The van der Waals surface area contributed by atoms with Gasteiger partial charge in [-0.25, -0.2) is 13.3 Å². The molecule has 2 saturated heterocycles. The molecule has 4 aliphatic rings. The van der Waals surface area contributed by atoms with E-state index in [1.54, 1.807) is 109 Å². The summed E-state index contributed by atoms with van der Waals surface area (Å²) in [5.41, 5.74) is 0.481. The van der Waals surface area contributed by atoms with Crippen molar-refractivity contribution in [3.05, 3.63) is 189 Å². The van der Waals surface area contributed by atoms with Gasteiger partial charge in [-0.15, -0.1) is 0 Å². The van der Waals surface area contributed by atoms with Gasteiger partial charge in [0.25, 0.3) is 11.8 Å². The number of nitrogens with one attached hydrogen (secondary N) is 2. The molecule has 10 rings (SSSR count). The molecule has 0 aromatic heterocycles. The molecule has 110 heavy (non-hydrogen) atoms. The van der Waals surface area contributed by atoms with Crippen molar-refractivity contribution in [3.8, 4) is 0 Å². The van der Waals surface area contributed by atoms with Crippen LogP contribution in [0.4, 0.5) is 57.9 Å². The largest absolute Gasteiger partial charge is 1.00 e. The van der Waals surface area contributed by atoms with Gasteiger partial charge in [0.2, 0.25) is 11.8 Å². The number of piperidine rings is 2. The number of alkyl halides is 6. The second-order valence-electron chi connectivity index (χ2n) is 27.9. The Morgan fingerprint density at radius 2 is 0.927 bits per heavy atom. The number of esters is 1. The maximum absolute atomic E-state index is 15.1. The van der Waals surface area contributed by atoms with Gasteiger partial charge in [0.1, 0.15) is 11.6 Å². The van der Waals surface area contributed by atoms with E-state index in [4.69, 9.17) is 27.0 Å². The van der Waals surface area contributed by atoms with E-state index in [9.17, 15) is 79.0 Å². The Kier molecular flexibility index (Phi) is 33.2. The number of carbonyl (C=O) groups is 7. The van der Waals surface area contributed by atoms with Crippen LogP contribution in [-0.2, 0) is 54.7 Å². The van der Waals surface area contributed by atoms with Crippen molar-refractivity contribution in [2.75, 3.05) is 39.7 Å². The van der Waals surface area contributed by atoms with Gasteiger partial charge in [0.05, 0.1) is 58.7 Å². The van der Waals surface area contributed by atoms with Gasteiger partial charge in [-0.05, 0) is 208 Å². The maximum atomic E-state index is 15.1. The molecule has 1 unspecified atom stereocenters. The molecule has 5 atom stereocenters. The first-order valence-electron chi connectivity index (χ1n) is 35.9. The van der Waals surface area contributed by atoms with E-state index in [1.165, 1.54) is 88.4 Å². The number of hydrogen-bond donors (Lipinski definition) is 3. The summed E-state index contributed by atoms with van der Waals surface area (Å²) in [5, 5.41) is 14.8. The van der Waals surface area contributed by atoms with Gasteiger partial charge in [0.15, 0.2) is 0 Å². The van der Waals surface area contributed by atoms with Gasteiger partial charge in [0, 0.05) is 60.8 Å². The van der Waals surface area contributed by atoms with Gasteiger partial charge in [-0.3, -0.25) is 47.6 Å². The van der Waals surface area contributed by atoms with Crippen LogP contribution in [0.25, 0.3) is 0 Å². The van der Waals surface area contributed by atoms with Crippen molar-refractivity contribution in [1.29, 1.82) is 0 Å². The second-order valence-corrected chi connectivity index (χ2v) is 34.1. The van der Waals surface area contributed by atoms with Crippen molar-refractivity contribution in [1.82, 2.24) is 9.80 Å². The zero-order chi connectivity index (χ0) is 80.8. The fourth-order valence-electron chi connectivity index (χ4n) is 13.9. The number of hydrogen-bond acceptors (Lipinski definition) is 12.